The zero-order valence-electron chi connectivity index (χ0n) is 20.2. The van der Waals surface area contributed by atoms with Gasteiger partial charge in [-0.3, -0.25) is 4.79 Å². The number of rotatable bonds is 9. The van der Waals surface area contributed by atoms with E-state index in [9.17, 15) is 18.7 Å². The van der Waals surface area contributed by atoms with Gasteiger partial charge in [-0.15, -0.1) is 0 Å². The van der Waals surface area contributed by atoms with E-state index >= 15 is 0 Å². The van der Waals surface area contributed by atoms with Gasteiger partial charge in [0.2, 0.25) is 0 Å². The van der Waals surface area contributed by atoms with Crippen molar-refractivity contribution < 1.29 is 32.9 Å². The molecule has 1 fully saturated rings. The number of alkyl halides is 2. The number of ketones is 1. The topological polar surface area (TPSA) is 68.2 Å². The van der Waals surface area contributed by atoms with Crippen LogP contribution < -0.4 is 9.47 Å². The molecule has 35 heavy (non-hydrogen) atoms. The Kier molecular flexibility index (Phi) is 8.04. The van der Waals surface area contributed by atoms with E-state index in [1.54, 1.807) is 6.07 Å². The van der Waals surface area contributed by atoms with E-state index in [0.29, 0.717) is 19.6 Å². The van der Waals surface area contributed by atoms with Gasteiger partial charge in [0.05, 0.1) is 23.9 Å². The van der Waals surface area contributed by atoms with Gasteiger partial charge < -0.3 is 24.2 Å². The van der Waals surface area contributed by atoms with Gasteiger partial charge in [-0.25, -0.2) is 0 Å². The largest absolute Gasteiger partial charge is 0.487 e. The maximum atomic E-state index is 12.6. The number of halogens is 2. The highest BCUT2D eigenvalue weighted by atomic mass is 19.3. The summed E-state index contributed by atoms with van der Waals surface area (Å²) in [5.74, 6) is 0.267. The van der Waals surface area contributed by atoms with Crippen LogP contribution in [0.25, 0.3) is 0 Å². The number of ether oxygens (including phenoxy) is 3. The van der Waals surface area contributed by atoms with Crippen LogP contribution in [-0.4, -0.2) is 59.8 Å². The number of nitrogens with zero attached hydrogens (tertiary/aromatic N) is 1. The van der Waals surface area contributed by atoms with Crippen molar-refractivity contribution in [3.63, 3.8) is 0 Å². The van der Waals surface area contributed by atoms with Gasteiger partial charge in [-0.1, -0.05) is 30.3 Å². The third-order valence-electron chi connectivity index (χ3n) is 6.65. The lowest BCUT2D eigenvalue weighted by Gasteiger charge is -2.47. The molecule has 1 spiro atoms. The van der Waals surface area contributed by atoms with E-state index in [0.717, 1.165) is 30.6 Å². The van der Waals surface area contributed by atoms with Crippen molar-refractivity contribution >= 4 is 5.78 Å². The predicted molar refractivity (Wildman–Crippen MR) is 127 cm³/mol. The second-order valence-electron chi connectivity index (χ2n) is 9.66. The third kappa shape index (κ3) is 6.37. The number of β-amino-alcohol motifs (C(OH)–C–C–N with tert-alkyl or cyclic N) is 1. The minimum atomic E-state index is -3.02. The Balaban J connectivity index is 1.34. The number of Topliss-reactive ketones (excluding diaryl/α,β-unsaturated/α-hetero) is 1. The molecule has 2 aromatic rings. The molecule has 2 aromatic carbocycles. The highest BCUT2D eigenvalue weighted by molar-refractivity contribution is 5.98. The second kappa shape index (κ2) is 11.0. The summed E-state index contributed by atoms with van der Waals surface area (Å²) in [6.45, 7) is 2.80. The monoisotopic (exact) mass is 489 g/mol. The van der Waals surface area contributed by atoms with Crippen molar-refractivity contribution in [1.29, 1.82) is 0 Å². The minimum Gasteiger partial charge on any atom is -0.487 e. The van der Waals surface area contributed by atoms with Crippen LogP contribution in [-0.2, 0) is 4.74 Å². The number of carbonyl (C=O) groups excluding carboxylic acids is 1. The lowest BCUT2D eigenvalue weighted by atomic mass is 9.81. The van der Waals surface area contributed by atoms with E-state index in [1.165, 1.54) is 18.2 Å². The van der Waals surface area contributed by atoms with Gasteiger partial charge in [0, 0.05) is 38.0 Å². The first-order chi connectivity index (χ1) is 16.7. The summed E-state index contributed by atoms with van der Waals surface area (Å²) in [5.41, 5.74) is 0.811. The van der Waals surface area contributed by atoms with Crippen LogP contribution in [0.3, 0.4) is 0 Å². The van der Waals surface area contributed by atoms with Crippen LogP contribution in [0.5, 0.6) is 11.5 Å². The summed E-state index contributed by atoms with van der Waals surface area (Å²) in [5, 5.41) is 10.6. The number of fused-ring (bicyclic) bond motifs is 1. The first-order valence-corrected chi connectivity index (χ1v) is 12.2. The van der Waals surface area contributed by atoms with Crippen molar-refractivity contribution in [3.8, 4) is 11.5 Å². The van der Waals surface area contributed by atoms with Crippen LogP contribution in [0.1, 0.15) is 61.6 Å². The molecule has 0 bridgehead atoms. The number of hydrogen-bond acceptors (Lipinski definition) is 6. The van der Waals surface area contributed by atoms with Crippen molar-refractivity contribution in [3.05, 3.63) is 59.7 Å². The number of carbonyl (C=O) groups is 1. The lowest BCUT2D eigenvalue weighted by Crippen LogP contribution is -2.52. The Morgan fingerprint density at radius 2 is 1.83 bits per heavy atom. The van der Waals surface area contributed by atoms with E-state index in [1.807, 2.05) is 32.0 Å². The van der Waals surface area contributed by atoms with Crippen molar-refractivity contribution in [2.75, 3.05) is 19.6 Å². The molecule has 4 rings (SSSR count). The maximum absolute atomic E-state index is 12.6. The third-order valence-corrected chi connectivity index (χ3v) is 6.65. The molecule has 2 atom stereocenters. The number of para-hydroxylation sites is 2. The second-order valence-corrected chi connectivity index (χ2v) is 9.66. The normalized spacial score (nSPS) is 20.5. The Labute approximate surface area is 204 Å². The van der Waals surface area contributed by atoms with Crippen LogP contribution >= 0.6 is 0 Å². The Hall–Kier alpha value is -2.55. The molecule has 0 aromatic heterocycles. The van der Waals surface area contributed by atoms with Crippen molar-refractivity contribution in [2.24, 2.45) is 0 Å². The van der Waals surface area contributed by atoms with Gasteiger partial charge in [-0.05, 0) is 44.9 Å². The molecular formula is C27H33F2NO5. The molecule has 2 aliphatic rings. The summed E-state index contributed by atoms with van der Waals surface area (Å²) in [6, 6.07) is 13.9. The summed E-state index contributed by atoms with van der Waals surface area (Å²) in [4.78, 5) is 14.8. The highest BCUT2D eigenvalue weighted by Gasteiger charge is 2.44. The van der Waals surface area contributed by atoms with Crippen LogP contribution in [0, 0.1) is 0 Å². The molecule has 8 heteroatoms. The predicted octanol–water partition coefficient (Wildman–Crippen LogP) is 5.01. The number of aliphatic hydroxyl groups is 1. The number of likely N-dealkylation sites (tertiary alicyclic amines) is 1. The fourth-order valence-corrected chi connectivity index (χ4v) is 5.04. The first-order valence-electron chi connectivity index (χ1n) is 12.2. The maximum Gasteiger partial charge on any atom is 0.387 e. The van der Waals surface area contributed by atoms with E-state index in [4.69, 9.17) is 9.47 Å². The molecule has 0 amide bonds. The van der Waals surface area contributed by atoms with Gasteiger partial charge in [0.1, 0.15) is 17.1 Å². The van der Waals surface area contributed by atoms with Gasteiger partial charge >= 0.3 is 6.61 Å². The summed E-state index contributed by atoms with van der Waals surface area (Å²) >= 11 is 0. The lowest BCUT2D eigenvalue weighted by molar-refractivity contribution is -0.0922. The van der Waals surface area contributed by atoms with E-state index in [2.05, 4.69) is 15.7 Å². The van der Waals surface area contributed by atoms with Crippen LogP contribution in [0.4, 0.5) is 8.78 Å². The molecule has 0 radical (unpaired) electrons. The van der Waals surface area contributed by atoms with Crippen LogP contribution in [0.2, 0.25) is 0 Å². The Morgan fingerprint density at radius 3 is 2.54 bits per heavy atom. The molecule has 2 heterocycles. The minimum absolute atomic E-state index is 0.0229. The van der Waals surface area contributed by atoms with E-state index < -0.39 is 18.5 Å². The molecule has 2 unspecified atom stereocenters. The van der Waals surface area contributed by atoms with Crippen LogP contribution in [0.15, 0.2) is 48.5 Å². The molecule has 1 N–H and O–H groups in total. The van der Waals surface area contributed by atoms with Gasteiger partial charge in [0.15, 0.2) is 5.78 Å². The Morgan fingerprint density at radius 1 is 1.14 bits per heavy atom. The average molecular weight is 490 g/mol. The van der Waals surface area contributed by atoms with Gasteiger partial charge in [0.25, 0.3) is 0 Å². The molecular weight excluding hydrogens is 456 g/mol. The van der Waals surface area contributed by atoms with Crippen molar-refractivity contribution in [2.45, 2.75) is 70.1 Å². The number of benzene rings is 2. The number of hydrogen-bond donors (Lipinski definition) is 1. The standard InChI is InChI=1S/C27H33F2NO5/c1-18(2)33-25-16-27(35-24-10-6-4-8-21(24)25)11-13-30(14-12-27)17-19(31)15-22(32)20-7-3-5-9-23(20)34-26(28)29/h3-10,18-19,25-26,31H,11-17H2,1-2H3. The quantitative estimate of drug-likeness (QED) is 0.500. The zero-order chi connectivity index (χ0) is 25.0. The number of piperidine rings is 1. The number of aliphatic hydroxyl groups excluding tert-OH is 1. The molecule has 0 aliphatic carbocycles. The zero-order valence-corrected chi connectivity index (χ0v) is 20.2. The Bertz CT molecular complexity index is 1010. The summed E-state index contributed by atoms with van der Waals surface area (Å²) in [7, 11) is 0. The van der Waals surface area contributed by atoms with Gasteiger partial charge in [-0.2, -0.15) is 8.78 Å². The fraction of sp³-hybridized carbons (Fsp3) is 0.519. The summed E-state index contributed by atoms with van der Waals surface area (Å²) < 4.78 is 42.5. The molecule has 2 aliphatic heterocycles. The molecule has 6 nitrogen and oxygen atoms in total. The molecule has 1 saturated heterocycles. The molecule has 190 valence electrons. The average Bonchev–Trinajstić information content (AvgIpc) is 2.80. The first kappa shape index (κ1) is 25.5. The molecule has 0 saturated carbocycles. The fourth-order valence-electron chi connectivity index (χ4n) is 5.04. The van der Waals surface area contributed by atoms with E-state index in [-0.39, 0.29) is 35.5 Å². The summed E-state index contributed by atoms with van der Waals surface area (Å²) in [6.07, 6.45) is 1.34. The highest BCUT2D eigenvalue weighted by Crippen LogP contribution is 2.46. The SMILES string of the molecule is CC(C)OC1CC2(CCN(CC(O)CC(=O)c3ccccc3OC(F)F)CC2)Oc2ccccc21. The van der Waals surface area contributed by atoms with Crippen molar-refractivity contribution in [1.82, 2.24) is 4.90 Å². The smallest absolute Gasteiger partial charge is 0.387 e.